The van der Waals surface area contributed by atoms with Crippen LogP contribution < -0.4 is 4.74 Å². The summed E-state index contributed by atoms with van der Waals surface area (Å²) in [6.07, 6.45) is -0.758. The fourth-order valence-electron chi connectivity index (χ4n) is 6.85. The van der Waals surface area contributed by atoms with Crippen molar-refractivity contribution in [3.8, 4) is 5.75 Å². The van der Waals surface area contributed by atoms with E-state index in [1.54, 1.807) is 14.2 Å². The van der Waals surface area contributed by atoms with Crippen molar-refractivity contribution in [2.45, 2.75) is 83.2 Å². The zero-order chi connectivity index (χ0) is 31.2. The molecule has 0 radical (unpaired) electrons. The Labute approximate surface area is 251 Å². The van der Waals surface area contributed by atoms with Gasteiger partial charge in [-0.1, -0.05) is 53.7 Å². The highest BCUT2D eigenvalue weighted by Crippen LogP contribution is 2.54. The summed E-state index contributed by atoms with van der Waals surface area (Å²) in [5, 5.41) is 0. The number of fused-ring (bicyclic) bond motifs is 2. The second kappa shape index (κ2) is 14.8. The Bertz CT molecular complexity index is 1160. The highest BCUT2D eigenvalue weighted by Gasteiger charge is 2.51. The number of methoxy groups -OCH3 is 4. The Balaban J connectivity index is 2.27. The molecule has 0 spiro atoms. The van der Waals surface area contributed by atoms with Crippen LogP contribution in [0.3, 0.4) is 0 Å². The third-order valence-corrected chi connectivity index (χ3v) is 14.7. The van der Waals surface area contributed by atoms with Crippen molar-refractivity contribution < 1.29 is 42.4 Å². The van der Waals surface area contributed by atoms with Crippen LogP contribution in [-0.4, -0.2) is 74.8 Å². The van der Waals surface area contributed by atoms with Gasteiger partial charge in [-0.3, -0.25) is 0 Å². The summed E-state index contributed by atoms with van der Waals surface area (Å²) in [4.78, 5) is 26.0. The lowest BCUT2D eigenvalue weighted by Gasteiger charge is -2.48. The molecule has 2 aliphatic rings. The molecule has 0 saturated heterocycles. The molecule has 0 N–H and O–H groups in total. The van der Waals surface area contributed by atoms with Crippen molar-refractivity contribution in [3.63, 3.8) is 0 Å². The van der Waals surface area contributed by atoms with Gasteiger partial charge >= 0.3 is 11.9 Å². The van der Waals surface area contributed by atoms with Gasteiger partial charge in [0.15, 0.2) is 0 Å². The van der Waals surface area contributed by atoms with E-state index in [0.29, 0.717) is 35.6 Å². The van der Waals surface area contributed by atoms with Gasteiger partial charge in [0.1, 0.15) is 24.8 Å². The number of allylic oxidation sites excluding steroid dienone is 1. The first-order valence-electron chi connectivity index (χ1n) is 14.6. The summed E-state index contributed by atoms with van der Waals surface area (Å²) in [5.41, 5.74) is 5.00. The van der Waals surface area contributed by atoms with E-state index >= 15 is 0 Å². The van der Waals surface area contributed by atoms with Crippen molar-refractivity contribution >= 4 is 25.8 Å². The van der Waals surface area contributed by atoms with Crippen LogP contribution in [0.4, 0.5) is 0 Å². The Morgan fingerprint density at radius 2 is 1.43 bits per heavy atom. The topological polar surface area (TPSA) is 98.8 Å². The van der Waals surface area contributed by atoms with E-state index < -0.39 is 32.5 Å². The molecule has 3 rings (SSSR count). The average Bonchev–Trinajstić information content (AvgIpc) is 2.97. The Morgan fingerprint density at radius 1 is 0.833 bits per heavy atom. The van der Waals surface area contributed by atoms with E-state index in [0.717, 1.165) is 22.3 Å². The third kappa shape index (κ3) is 6.52. The lowest BCUT2D eigenvalue weighted by molar-refractivity contribution is -0.139. The van der Waals surface area contributed by atoms with E-state index in [1.807, 2.05) is 18.2 Å². The fraction of sp³-hybridized carbons (Fsp3) is 0.625. The molecule has 0 amide bonds. The molecular formula is C32H48O9Si. The highest BCUT2D eigenvalue weighted by molar-refractivity contribution is 6.77. The number of hydrogen-bond acceptors (Lipinski definition) is 9. The van der Waals surface area contributed by atoms with E-state index in [9.17, 15) is 9.59 Å². The number of rotatable bonds is 14. The molecule has 9 nitrogen and oxygen atoms in total. The second-order valence-electron chi connectivity index (χ2n) is 11.7. The van der Waals surface area contributed by atoms with Gasteiger partial charge in [-0.2, -0.15) is 0 Å². The molecule has 0 bridgehead atoms. The van der Waals surface area contributed by atoms with Crippen LogP contribution in [0, 0.1) is 0 Å². The maximum atomic E-state index is 13.0. The van der Waals surface area contributed by atoms with E-state index in [-0.39, 0.29) is 30.8 Å². The Morgan fingerprint density at radius 3 is 1.95 bits per heavy atom. The summed E-state index contributed by atoms with van der Waals surface area (Å²) < 4.78 is 41.0. The SMILES string of the molecule is COCCOCO[C@@H]1C2=C(CC(C(=O)OC)=C(C(=O)OC)C2)c2c(OC)cccc2[C@H]1O[Si](C(C)C)(C(C)C)C(C)C. The van der Waals surface area contributed by atoms with Gasteiger partial charge in [-0.05, 0) is 39.4 Å². The molecule has 0 heterocycles. The molecule has 42 heavy (non-hydrogen) atoms. The average molecular weight is 605 g/mol. The molecule has 10 heteroatoms. The number of carbonyl (C=O) groups is 2. The molecule has 0 fully saturated rings. The second-order valence-corrected chi connectivity index (χ2v) is 17.1. The van der Waals surface area contributed by atoms with Crippen molar-refractivity contribution in [1.82, 2.24) is 0 Å². The summed E-state index contributed by atoms with van der Waals surface area (Å²) in [5.74, 6) is -0.473. The lowest BCUT2D eigenvalue weighted by Crippen LogP contribution is -2.51. The lowest BCUT2D eigenvalue weighted by atomic mass is 9.73. The molecule has 1 aromatic carbocycles. The van der Waals surface area contributed by atoms with Crippen molar-refractivity contribution in [2.75, 3.05) is 48.4 Å². The molecule has 0 unspecified atom stereocenters. The van der Waals surface area contributed by atoms with Gasteiger partial charge in [-0.25, -0.2) is 9.59 Å². The van der Waals surface area contributed by atoms with Gasteiger partial charge in [0, 0.05) is 25.5 Å². The van der Waals surface area contributed by atoms with E-state index in [1.165, 1.54) is 14.2 Å². The minimum absolute atomic E-state index is 0.00465. The van der Waals surface area contributed by atoms with Crippen LogP contribution in [0.5, 0.6) is 5.75 Å². The van der Waals surface area contributed by atoms with Crippen LogP contribution >= 0.6 is 0 Å². The zero-order valence-electron chi connectivity index (χ0n) is 26.8. The first kappa shape index (κ1) is 34.0. The highest BCUT2D eigenvalue weighted by atomic mass is 28.4. The number of hydrogen-bond donors (Lipinski definition) is 0. The van der Waals surface area contributed by atoms with Gasteiger partial charge in [0.25, 0.3) is 0 Å². The van der Waals surface area contributed by atoms with Crippen LogP contribution in [0.1, 0.15) is 71.6 Å². The minimum atomic E-state index is -2.43. The summed E-state index contributed by atoms with van der Waals surface area (Å²) >= 11 is 0. The molecule has 234 valence electrons. The normalized spacial score (nSPS) is 18.9. The van der Waals surface area contributed by atoms with E-state index in [4.69, 9.17) is 32.8 Å². The standard InChI is InChI=1S/C32H48O9Si/c1-19(2)42(20(3)4,21(5)6)41-30-22-12-11-13-27(36-8)28(22)23-16-25(31(33)37-9)26(32(34)38-10)17-24(23)29(30)40-18-39-15-14-35-7/h11-13,19-21,29-30H,14-18H2,1-10H3/t29-,30-/m1/s1. The van der Waals surface area contributed by atoms with E-state index in [2.05, 4.69) is 41.5 Å². The van der Waals surface area contributed by atoms with Gasteiger partial charge in [0.05, 0.1) is 45.7 Å². The van der Waals surface area contributed by atoms with Crippen LogP contribution in [0.25, 0.3) is 5.57 Å². The van der Waals surface area contributed by atoms with Gasteiger partial charge in [0.2, 0.25) is 8.32 Å². The molecule has 2 aliphatic carbocycles. The smallest absolute Gasteiger partial charge is 0.334 e. The molecule has 0 aromatic heterocycles. The number of benzene rings is 1. The van der Waals surface area contributed by atoms with Crippen molar-refractivity contribution in [2.24, 2.45) is 0 Å². The monoisotopic (exact) mass is 604 g/mol. The molecular weight excluding hydrogens is 556 g/mol. The van der Waals surface area contributed by atoms with Crippen LogP contribution in [-0.2, 0) is 37.7 Å². The first-order chi connectivity index (χ1) is 20.0. The predicted octanol–water partition coefficient (Wildman–Crippen LogP) is 6.14. The quantitative estimate of drug-likeness (QED) is 0.107. The summed E-state index contributed by atoms with van der Waals surface area (Å²) in [6.45, 7) is 14.3. The van der Waals surface area contributed by atoms with Crippen LogP contribution in [0.15, 0.2) is 34.9 Å². The third-order valence-electron chi connectivity index (χ3n) is 8.64. The van der Waals surface area contributed by atoms with Gasteiger partial charge in [-0.15, -0.1) is 0 Å². The number of ether oxygens (including phenoxy) is 6. The first-order valence-corrected chi connectivity index (χ1v) is 16.8. The van der Waals surface area contributed by atoms with Crippen molar-refractivity contribution in [1.29, 1.82) is 0 Å². The maximum absolute atomic E-state index is 13.0. The molecule has 2 atom stereocenters. The van der Waals surface area contributed by atoms with Crippen LogP contribution in [0.2, 0.25) is 16.6 Å². The Kier molecular flexibility index (Phi) is 12.0. The molecule has 0 aliphatic heterocycles. The van der Waals surface area contributed by atoms with Crippen molar-refractivity contribution in [3.05, 3.63) is 46.0 Å². The maximum Gasteiger partial charge on any atom is 0.334 e. The predicted molar refractivity (Wildman–Crippen MR) is 163 cm³/mol. The largest absolute Gasteiger partial charge is 0.496 e. The van der Waals surface area contributed by atoms with Gasteiger partial charge < -0.3 is 32.8 Å². The summed E-state index contributed by atoms with van der Waals surface area (Å²) in [6, 6.07) is 5.91. The zero-order valence-corrected chi connectivity index (χ0v) is 27.8. The minimum Gasteiger partial charge on any atom is -0.496 e. The molecule has 1 aromatic rings. The summed E-state index contributed by atoms with van der Waals surface area (Å²) in [7, 11) is 3.44. The molecule has 0 saturated carbocycles. The fourth-order valence-corrected chi connectivity index (χ4v) is 12.4. The number of esters is 2. The Hall–Kier alpha value is -2.50. The number of carbonyl (C=O) groups excluding carboxylic acids is 2.